The molecule has 2 atom stereocenters. The van der Waals surface area contributed by atoms with Gasteiger partial charge in [0.05, 0.1) is 17.1 Å². The van der Waals surface area contributed by atoms with Gasteiger partial charge in [-0.15, -0.1) is 0 Å². The Morgan fingerprint density at radius 1 is 1.28 bits per heavy atom. The summed E-state index contributed by atoms with van der Waals surface area (Å²) in [4.78, 5) is 9.61. The number of hydrogen-bond donors (Lipinski definition) is 1. The highest BCUT2D eigenvalue weighted by Crippen LogP contribution is 2.41. The van der Waals surface area contributed by atoms with Gasteiger partial charge in [-0.05, 0) is 29.7 Å². The fraction of sp³-hybridized carbons (Fsp3) is 0.0667. The van der Waals surface area contributed by atoms with Gasteiger partial charge in [-0.3, -0.25) is 4.21 Å². The predicted molar refractivity (Wildman–Crippen MR) is 87.9 cm³/mol. The maximum atomic E-state index is 13.7. The van der Waals surface area contributed by atoms with Gasteiger partial charge in [-0.25, -0.2) is 18.7 Å². The van der Waals surface area contributed by atoms with Gasteiger partial charge in [-0.1, -0.05) is 11.8 Å². The van der Waals surface area contributed by atoms with Crippen LogP contribution in [0.5, 0.6) is 0 Å². The highest BCUT2D eigenvalue weighted by Gasteiger charge is 2.35. The van der Waals surface area contributed by atoms with Crippen LogP contribution in [0.25, 0.3) is 11.4 Å². The van der Waals surface area contributed by atoms with Crippen LogP contribution in [0.1, 0.15) is 11.3 Å². The van der Waals surface area contributed by atoms with Gasteiger partial charge in [-0.2, -0.15) is 0 Å². The third kappa shape index (κ3) is 2.81. The number of nitrogens with one attached hydrogen (secondary N) is 1. The van der Waals surface area contributed by atoms with Crippen LogP contribution < -0.4 is 5.32 Å². The first-order chi connectivity index (χ1) is 12.0. The number of aromatic nitrogens is 2. The normalized spacial score (nSPS) is 20.0. The molecule has 2 aromatic rings. The molecule has 0 amide bonds. The van der Waals surface area contributed by atoms with Crippen molar-refractivity contribution in [1.82, 2.24) is 20.2 Å². The predicted octanol–water partition coefficient (Wildman–Crippen LogP) is 2.23. The molecule has 1 aromatic heterocycles. The summed E-state index contributed by atoms with van der Waals surface area (Å²) in [6.45, 7) is 0. The van der Waals surface area contributed by atoms with Crippen LogP contribution >= 0.6 is 11.8 Å². The summed E-state index contributed by atoms with van der Waals surface area (Å²) >= 11 is -1.09. The van der Waals surface area contributed by atoms with Crippen LogP contribution in [0.15, 0.2) is 47.2 Å². The molecule has 0 fully saturated rings. The van der Waals surface area contributed by atoms with Crippen LogP contribution in [0, 0.1) is 11.6 Å². The molecule has 2 aliphatic rings. The van der Waals surface area contributed by atoms with E-state index < -0.39 is 22.7 Å². The van der Waals surface area contributed by atoms with Crippen molar-refractivity contribution in [2.75, 3.05) is 0 Å². The van der Waals surface area contributed by atoms with Crippen molar-refractivity contribution in [3.8, 4) is 0 Å². The Labute approximate surface area is 148 Å². The molecule has 0 aliphatic carbocycles. The number of hydrogen-bond acceptors (Lipinski definition) is 7. The maximum Gasteiger partial charge on any atom is 0.205 e. The molecule has 128 valence electrons. The van der Waals surface area contributed by atoms with E-state index in [4.69, 9.17) is 0 Å². The monoisotopic (exact) mass is 379 g/mol. The SMILES string of the molecule is O=S([O-])c1nccc(C2=C(c3ccc(F)c(F)c3)NC3SC=CN23)n1. The molecule has 4 rings (SSSR count). The molecule has 2 aliphatic heterocycles. The van der Waals surface area contributed by atoms with Crippen molar-refractivity contribution in [3.63, 3.8) is 0 Å². The van der Waals surface area contributed by atoms with Crippen LogP contribution in [-0.2, 0) is 11.1 Å². The Morgan fingerprint density at radius 2 is 2.12 bits per heavy atom. The smallest absolute Gasteiger partial charge is 0.205 e. The summed E-state index contributed by atoms with van der Waals surface area (Å²) in [5, 5.41) is 4.75. The van der Waals surface area contributed by atoms with Gasteiger partial charge in [0.25, 0.3) is 0 Å². The molecular weight excluding hydrogens is 370 g/mol. The Balaban J connectivity index is 1.89. The van der Waals surface area contributed by atoms with E-state index >= 15 is 0 Å². The molecule has 0 radical (unpaired) electrons. The molecule has 0 spiro atoms. The maximum absolute atomic E-state index is 13.7. The summed E-state index contributed by atoms with van der Waals surface area (Å²) in [5.74, 6) is -1.91. The van der Waals surface area contributed by atoms with Gasteiger partial charge in [0, 0.05) is 29.0 Å². The standard InChI is InChI=1S/C15H10F2N4O2S2/c16-9-2-1-8(7-10(9)17)12-13(21-5-6-24-15(21)20-12)11-3-4-18-14(19-11)25(22)23/h1-7,15,20H,(H,22,23)/p-1. The number of nitrogens with zero attached hydrogens (tertiary/aromatic N) is 3. The van der Waals surface area contributed by atoms with Crippen molar-refractivity contribution in [2.45, 2.75) is 10.7 Å². The van der Waals surface area contributed by atoms with E-state index in [2.05, 4.69) is 15.3 Å². The minimum absolute atomic E-state index is 0.172. The molecular formula is C15H9F2N4O2S2-. The molecule has 1 aromatic carbocycles. The summed E-state index contributed by atoms with van der Waals surface area (Å²) in [5.41, 5.74) is 1.71. The lowest BCUT2D eigenvalue weighted by Gasteiger charge is -2.18. The minimum atomic E-state index is -2.57. The highest BCUT2D eigenvalue weighted by atomic mass is 32.2. The van der Waals surface area contributed by atoms with Crippen LogP contribution in [0.2, 0.25) is 0 Å². The Hall–Kier alpha value is -2.30. The molecule has 0 saturated heterocycles. The second kappa shape index (κ2) is 6.21. The number of fused-ring (bicyclic) bond motifs is 1. The second-order valence-corrected chi connectivity index (χ2v) is 6.96. The number of benzene rings is 1. The fourth-order valence-electron chi connectivity index (χ4n) is 2.62. The van der Waals surface area contributed by atoms with Crippen molar-refractivity contribution < 1.29 is 17.5 Å². The highest BCUT2D eigenvalue weighted by molar-refractivity contribution is 8.02. The lowest BCUT2D eigenvalue weighted by molar-refractivity contribution is 0.506. The Kier molecular flexibility index (Phi) is 4.02. The van der Waals surface area contributed by atoms with E-state index in [1.807, 2.05) is 10.3 Å². The van der Waals surface area contributed by atoms with Gasteiger partial charge in [0.1, 0.15) is 0 Å². The first-order valence-corrected chi connectivity index (χ1v) is 9.06. The second-order valence-electron chi connectivity index (χ2n) is 5.14. The number of halogens is 2. The van der Waals surface area contributed by atoms with E-state index in [9.17, 15) is 17.5 Å². The fourth-order valence-corrected chi connectivity index (χ4v) is 3.78. The number of rotatable bonds is 3. The summed E-state index contributed by atoms with van der Waals surface area (Å²) in [6, 6.07) is 5.14. The van der Waals surface area contributed by atoms with Crippen molar-refractivity contribution in [2.24, 2.45) is 0 Å². The molecule has 0 saturated carbocycles. The average molecular weight is 379 g/mol. The van der Waals surface area contributed by atoms with Crippen molar-refractivity contribution >= 4 is 34.2 Å². The van der Waals surface area contributed by atoms with E-state index in [-0.39, 0.29) is 10.7 Å². The first-order valence-electron chi connectivity index (χ1n) is 7.04. The third-order valence-corrected chi connectivity index (χ3v) is 5.05. The van der Waals surface area contributed by atoms with Gasteiger partial charge in [0.15, 0.2) is 17.1 Å². The zero-order chi connectivity index (χ0) is 17.6. The van der Waals surface area contributed by atoms with E-state index in [0.29, 0.717) is 22.7 Å². The lowest BCUT2D eigenvalue weighted by Crippen LogP contribution is -2.27. The Morgan fingerprint density at radius 3 is 2.88 bits per heavy atom. The Bertz CT molecular complexity index is 951. The average Bonchev–Trinajstić information content (AvgIpc) is 3.18. The molecule has 0 bridgehead atoms. The zero-order valence-corrected chi connectivity index (χ0v) is 14.0. The van der Waals surface area contributed by atoms with Crippen molar-refractivity contribution in [1.29, 1.82) is 0 Å². The quantitative estimate of drug-likeness (QED) is 0.647. The molecule has 1 N–H and O–H groups in total. The van der Waals surface area contributed by atoms with E-state index in [1.165, 1.54) is 24.0 Å². The lowest BCUT2D eigenvalue weighted by atomic mass is 10.1. The third-order valence-electron chi connectivity index (χ3n) is 3.68. The van der Waals surface area contributed by atoms with Gasteiger partial charge in [0.2, 0.25) is 5.16 Å². The molecule has 3 heterocycles. The minimum Gasteiger partial charge on any atom is -0.766 e. The van der Waals surface area contributed by atoms with Crippen LogP contribution in [0.4, 0.5) is 8.78 Å². The van der Waals surface area contributed by atoms with Crippen LogP contribution in [-0.4, -0.2) is 29.1 Å². The van der Waals surface area contributed by atoms with Gasteiger partial charge >= 0.3 is 0 Å². The summed E-state index contributed by atoms with van der Waals surface area (Å²) < 4.78 is 49.2. The molecule has 25 heavy (non-hydrogen) atoms. The summed E-state index contributed by atoms with van der Waals surface area (Å²) in [7, 11) is 0. The zero-order valence-electron chi connectivity index (χ0n) is 12.3. The largest absolute Gasteiger partial charge is 0.766 e. The van der Waals surface area contributed by atoms with E-state index in [1.54, 1.807) is 12.3 Å². The van der Waals surface area contributed by atoms with Crippen LogP contribution in [0.3, 0.4) is 0 Å². The first kappa shape index (κ1) is 16.2. The molecule has 10 heteroatoms. The van der Waals surface area contributed by atoms with Gasteiger partial charge < -0.3 is 14.8 Å². The topological polar surface area (TPSA) is 81.2 Å². The molecule has 2 unspecified atom stereocenters. The molecule has 6 nitrogen and oxygen atoms in total. The van der Waals surface area contributed by atoms with E-state index in [0.717, 1.165) is 12.1 Å². The number of thioether (sulfide) groups is 1. The summed E-state index contributed by atoms with van der Waals surface area (Å²) in [6.07, 6.45) is 3.14. The van der Waals surface area contributed by atoms with Crippen molar-refractivity contribution in [3.05, 3.63) is 65.0 Å².